The minimum atomic E-state index is 0.377. The van der Waals surface area contributed by atoms with Crippen LogP contribution < -0.4 is 11.1 Å². The fourth-order valence-corrected chi connectivity index (χ4v) is 2.25. The SMILES string of the molecule is Nc1ncccc1CNc1cc(C2CCOC2)ncn1. The maximum Gasteiger partial charge on any atom is 0.129 e. The second-order valence-corrected chi connectivity index (χ2v) is 4.79. The van der Waals surface area contributed by atoms with E-state index in [1.165, 1.54) is 0 Å². The Labute approximate surface area is 117 Å². The lowest BCUT2D eigenvalue weighted by Gasteiger charge is -2.10. The van der Waals surface area contributed by atoms with Gasteiger partial charge in [-0.25, -0.2) is 15.0 Å². The molecule has 3 heterocycles. The Balaban J connectivity index is 1.68. The highest BCUT2D eigenvalue weighted by Gasteiger charge is 2.19. The van der Waals surface area contributed by atoms with Gasteiger partial charge in [0.2, 0.25) is 0 Å². The highest BCUT2D eigenvalue weighted by atomic mass is 16.5. The molecule has 0 radical (unpaired) electrons. The first-order chi connectivity index (χ1) is 9.83. The summed E-state index contributed by atoms with van der Waals surface area (Å²) < 4.78 is 5.39. The standard InChI is InChI=1S/C14H17N5O/c15-14-10(2-1-4-16-14)7-17-13-6-12(18-9-19-13)11-3-5-20-8-11/h1-2,4,6,9,11H,3,5,7-8H2,(H2,15,16)(H,17,18,19). The summed E-state index contributed by atoms with van der Waals surface area (Å²) >= 11 is 0. The van der Waals surface area contributed by atoms with E-state index in [1.54, 1.807) is 12.5 Å². The Morgan fingerprint density at radius 2 is 2.30 bits per heavy atom. The quantitative estimate of drug-likeness (QED) is 0.878. The molecule has 0 aliphatic carbocycles. The zero-order valence-electron chi connectivity index (χ0n) is 11.1. The lowest BCUT2D eigenvalue weighted by Crippen LogP contribution is -2.07. The fourth-order valence-electron chi connectivity index (χ4n) is 2.25. The summed E-state index contributed by atoms with van der Waals surface area (Å²) in [6.07, 6.45) is 4.29. The Hall–Kier alpha value is -2.21. The summed E-state index contributed by atoms with van der Waals surface area (Å²) in [6, 6.07) is 5.79. The van der Waals surface area contributed by atoms with Crippen LogP contribution in [0.2, 0.25) is 0 Å². The van der Waals surface area contributed by atoms with Crippen molar-refractivity contribution < 1.29 is 4.74 Å². The number of hydrogen-bond acceptors (Lipinski definition) is 6. The van der Waals surface area contributed by atoms with Crippen LogP contribution in [0.5, 0.6) is 0 Å². The first-order valence-corrected chi connectivity index (χ1v) is 6.66. The molecular weight excluding hydrogens is 254 g/mol. The number of ether oxygens (including phenoxy) is 1. The van der Waals surface area contributed by atoms with Crippen molar-refractivity contribution in [2.24, 2.45) is 0 Å². The molecule has 3 rings (SSSR count). The van der Waals surface area contributed by atoms with Gasteiger partial charge in [0.15, 0.2) is 0 Å². The highest BCUT2D eigenvalue weighted by molar-refractivity contribution is 5.43. The Kier molecular flexibility index (Phi) is 3.73. The second-order valence-electron chi connectivity index (χ2n) is 4.79. The number of hydrogen-bond donors (Lipinski definition) is 2. The Morgan fingerprint density at radius 1 is 1.35 bits per heavy atom. The molecule has 3 N–H and O–H groups in total. The summed E-state index contributed by atoms with van der Waals surface area (Å²) in [5.74, 6) is 1.71. The second kappa shape index (κ2) is 5.83. The van der Waals surface area contributed by atoms with Crippen molar-refractivity contribution in [2.75, 3.05) is 24.3 Å². The van der Waals surface area contributed by atoms with Crippen molar-refractivity contribution in [3.63, 3.8) is 0 Å². The summed E-state index contributed by atoms with van der Waals surface area (Å²) in [7, 11) is 0. The van der Waals surface area contributed by atoms with Gasteiger partial charge < -0.3 is 15.8 Å². The van der Waals surface area contributed by atoms with Crippen LogP contribution in [0.3, 0.4) is 0 Å². The van der Waals surface area contributed by atoms with E-state index in [4.69, 9.17) is 10.5 Å². The molecule has 104 valence electrons. The first kappa shape index (κ1) is 12.8. The van der Waals surface area contributed by atoms with Gasteiger partial charge in [0.05, 0.1) is 12.3 Å². The molecule has 6 nitrogen and oxygen atoms in total. The van der Waals surface area contributed by atoms with Crippen molar-refractivity contribution in [3.8, 4) is 0 Å². The van der Waals surface area contributed by atoms with Gasteiger partial charge in [-0.05, 0) is 12.5 Å². The molecule has 0 amide bonds. The van der Waals surface area contributed by atoms with E-state index in [0.29, 0.717) is 18.3 Å². The molecule has 0 saturated carbocycles. The van der Waals surface area contributed by atoms with Crippen molar-refractivity contribution in [3.05, 3.63) is 42.0 Å². The molecular formula is C14H17N5O. The molecule has 0 aromatic carbocycles. The molecule has 20 heavy (non-hydrogen) atoms. The molecule has 1 saturated heterocycles. The zero-order chi connectivity index (χ0) is 13.8. The van der Waals surface area contributed by atoms with E-state index in [0.717, 1.165) is 36.7 Å². The molecule has 2 aromatic heterocycles. The highest BCUT2D eigenvalue weighted by Crippen LogP contribution is 2.24. The first-order valence-electron chi connectivity index (χ1n) is 6.66. The summed E-state index contributed by atoms with van der Waals surface area (Å²) in [6.45, 7) is 2.15. The monoisotopic (exact) mass is 271 g/mol. The molecule has 1 unspecified atom stereocenters. The number of nitrogen functional groups attached to an aromatic ring is 1. The molecule has 6 heteroatoms. The third-order valence-electron chi connectivity index (χ3n) is 3.42. The van der Waals surface area contributed by atoms with E-state index in [9.17, 15) is 0 Å². The van der Waals surface area contributed by atoms with Gasteiger partial charge in [-0.2, -0.15) is 0 Å². The molecule has 1 atom stereocenters. The summed E-state index contributed by atoms with van der Waals surface area (Å²) in [5, 5.41) is 3.25. The number of nitrogens with zero attached hydrogens (tertiary/aromatic N) is 3. The normalized spacial score (nSPS) is 18.1. The lowest BCUT2D eigenvalue weighted by molar-refractivity contribution is 0.193. The predicted molar refractivity (Wildman–Crippen MR) is 76.2 cm³/mol. The van der Waals surface area contributed by atoms with Crippen LogP contribution in [0.1, 0.15) is 23.6 Å². The van der Waals surface area contributed by atoms with Crippen molar-refractivity contribution in [1.82, 2.24) is 15.0 Å². The number of nitrogens with one attached hydrogen (secondary N) is 1. The van der Waals surface area contributed by atoms with Crippen LogP contribution in [-0.4, -0.2) is 28.2 Å². The minimum Gasteiger partial charge on any atom is -0.383 e. The molecule has 1 aliphatic heterocycles. The van der Waals surface area contributed by atoms with Gasteiger partial charge in [0.1, 0.15) is 18.0 Å². The molecule has 1 fully saturated rings. The third-order valence-corrected chi connectivity index (χ3v) is 3.42. The number of rotatable bonds is 4. The molecule has 1 aliphatic rings. The van der Waals surface area contributed by atoms with E-state index in [-0.39, 0.29) is 0 Å². The van der Waals surface area contributed by atoms with Crippen LogP contribution in [0.15, 0.2) is 30.7 Å². The molecule has 2 aromatic rings. The van der Waals surface area contributed by atoms with Crippen molar-refractivity contribution in [2.45, 2.75) is 18.9 Å². The zero-order valence-corrected chi connectivity index (χ0v) is 11.1. The van der Waals surface area contributed by atoms with Crippen LogP contribution in [0.25, 0.3) is 0 Å². The number of anilines is 2. The van der Waals surface area contributed by atoms with Crippen molar-refractivity contribution in [1.29, 1.82) is 0 Å². The average molecular weight is 271 g/mol. The maximum absolute atomic E-state index is 5.81. The summed E-state index contributed by atoms with van der Waals surface area (Å²) in [5.41, 5.74) is 7.80. The van der Waals surface area contributed by atoms with Crippen molar-refractivity contribution >= 4 is 11.6 Å². The molecule has 0 spiro atoms. The Morgan fingerprint density at radius 3 is 3.10 bits per heavy atom. The smallest absolute Gasteiger partial charge is 0.129 e. The van der Waals surface area contributed by atoms with Gasteiger partial charge in [0, 0.05) is 36.9 Å². The van der Waals surface area contributed by atoms with Crippen LogP contribution >= 0.6 is 0 Å². The van der Waals surface area contributed by atoms with Gasteiger partial charge >= 0.3 is 0 Å². The van der Waals surface area contributed by atoms with Gasteiger partial charge in [-0.15, -0.1) is 0 Å². The van der Waals surface area contributed by atoms with Gasteiger partial charge in [-0.1, -0.05) is 6.07 Å². The van der Waals surface area contributed by atoms with E-state index < -0.39 is 0 Å². The Bertz CT molecular complexity index is 583. The topological polar surface area (TPSA) is 86.0 Å². The van der Waals surface area contributed by atoms with Crippen LogP contribution in [0, 0.1) is 0 Å². The van der Waals surface area contributed by atoms with E-state index >= 15 is 0 Å². The van der Waals surface area contributed by atoms with Gasteiger partial charge in [-0.3, -0.25) is 0 Å². The summed E-state index contributed by atoms with van der Waals surface area (Å²) in [4.78, 5) is 12.6. The minimum absolute atomic E-state index is 0.377. The van der Waals surface area contributed by atoms with Gasteiger partial charge in [0.25, 0.3) is 0 Å². The largest absolute Gasteiger partial charge is 0.383 e. The predicted octanol–water partition coefficient (Wildman–Crippen LogP) is 1.57. The number of aromatic nitrogens is 3. The molecule has 0 bridgehead atoms. The average Bonchev–Trinajstić information content (AvgIpc) is 3.01. The maximum atomic E-state index is 5.81. The lowest BCUT2D eigenvalue weighted by atomic mass is 10.1. The van der Waals surface area contributed by atoms with E-state index in [2.05, 4.69) is 20.3 Å². The van der Waals surface area contributed by atoms with E-state index in [1.807, 2.05) is 18.2 Å². The third kappa shape index (κ3) is 2.85. The van der Waals surface area contributed by atoms with Crippen LogP contribution in [0.4, 0.5) is 11.6 Å². The van der Waals surface area contributed by atoms with Crippen LogP contribution in [-0.2, 0) is 11.3 Å². The number of nitrogens with two attached hydrogens (primary N) is 1. The fraction of sp³-hybridized carbons (Fsp3) is 0.357. The number of pyridine rings is 1.